The molecule has 25 heavy (non-hydrogen) atoms. The van der Waals surface area contributed by atoms with Gasteiger partial charge in [-0.15, -0.1) is 24.0 Å². The Morgan fingerprint density at radius 1 is 1.32 bits per heavy atom. The number of hydrogen-bond acceptors (Lipinski definition) is 4. The third kappa shape index (κ3) is 9.59. The molecule has 0 bridgehead atoms. The van der Waals surface area contributed by atoms with Crippen molar-refractivity contribution in [3.8, 4) is 0 Å². The van der Waals surface area contributed by atoms with Crippen LogP contribution in [-0.2, 0) is 6.54 Å². The monoisotopic (exact) mass is 464 g/mol. The molecule has 0 heterocycles. The van der Waals surface area contributed by atoms with Crippen LogP contribution in [0.3, 0.4) is 0 Å². The number of guanidine groups is 1. The molecule has 0 amide bonds. The molecule has 1 aromatic rings. The number of hydrogen-bond donors (Lipinski definition) is 3. The van der Waals surface area contributed by atoms with Gasteiger partial charge in [-0.2, -0.15) is 0 Å². The predicted octanol–water partition coefficient (Wildman–Crippen LogP) is 3.07. The molecular weight excluding hydrogens is 435 g/mol. The Morgan fingerprint density at radius 3 is 2.68 bits per heavy atom. The highest BCUT2D eigenvalue weighted by Crippen LogP contribution is 2.14. The zero-order valence-electron chi connectivity index (χ0n) is 14.9. The Balaban J connectivity index is 0.00000576. The lowest BCUT2D eigenvalue weighted by Gasteiger charge is -2.18. The summed E-state index contributed by atoms with van der Waals surface area (Å²) in [5.74, 6) is 1.09. The molecular formula is C17H29IN4O3. The highest BCUT2D eigenvalue weighted by Gasteiger charge is 2.09. The number of non-ortho nitro benzene ring substituents is 1. The first-order chi connectivity index (χ1) is 11.6. The number of rotatable bonds is 10. The zero-order valence-corrected chi connectivity index (χ0v) is 17.2. The highest BCUT2D eigenvalue weighted by molar-refractivity contribution is 14.0. The Morgan fingerprint density at radius 2 is 2.08 bits per heavy atom. The van der Waals surface area contributed by atoms with Crippen molar-refractivity contribution in [2.75, 3.05) is 19.7 Å². The van der Waals surface area contributed by atoms with Crippen LogP contribution in [0, 0.1) is 16.0 Å². The minimum absolute atomic E-state index is 0. The summed E-state index contributed by atoms with van der Waals surface area (Å²) in [7, 11) is 0. The van der Waals surface area contributed by atoms with Crippen LogP contribution < -0.4 is 10.6 Å². The number of halogens is 1. The van der Waals surface area contributed by atoms with E-state index in [0.29, 0.717) is 18.4 Å². The first kappa shape index (κ1) is 23.6. The molecule has 0 saturated heterocycles. The van der Waals surface area contributed by atoms with E-state index in [2.05, 4.69) is 22.5 Å². The van der Waals surface area contributed by atoms with E-state index in [1.165, 1.54) is 6.07 Å². The molecule has 1 atom stereocenters. The average Bonchev–Trinajstić information content (AvgIpc) is 2.57. The van der Waals surface area contributed by atoms with Gasteiger partial charge in [-0.1, -0.05) is 25.5 Å². The van der Waals surface area contributed by atoms with Crippen LogP contribution in [0.4, 0.5) is 5.69 Å². The van der Waals surface area contributed by atoms with Crippen LogP contribution in [0.15, 0.2) is 29.3 Å². The molecule has 8 heteroatoms. The van der Waals surface area contributed by atoms with Gasteiger partial charge in [0.15, 0.2) is 5.96 Å². The van der Waals surface area contributed by atoms with Crippen molar-refractivity contribution in [3.63, 3.8) is 0 Å². The van der Waals surface area contributed by atoms with Crippen LogP contribution in [-0.4, -0.2) is 35.7 Å². The molecule has 7 nitrogen and oxygen atoms in total. The van der Waals surface area contributed by atoms with Crippen molar-refractivity contribution >= 4 is 35.6 Å². The summed E-state index contributed by atoms with van der Waals surface area (Å²) >= 11 is 0. The van der Waals surface area contributed by atoms with E-state index in [1.54, 1.807) is 12.1 Å². The van der Waals surface area contributed by atoms with Crippen molar-refractivity contribution in [1.82, 2.24) is 10.6 Å². The summed E-state index contributed by atoms with van der Waals surface area (Å²) < 4.78 is 0. The van der Waals surface area contributed by atoms with Gasteiger partial charge in [-0.3, -0.25) is 10.1 Å². The Labute approximate surface area is 166 Å². The van der Waals surface area contributed by atoms with Crippen LogP contribution in [0.2, 0.25) is 0 Å². The Kier molecular flexibility index (Phi) is 13.0. The van der Waals surface area contributed by atoms with E-state index in [0.717, 1.165) is 37.9 Å². The number of aliphatic hydroxyl groups is 1. The Bertz CT molecular complexity index is 534. The highest BCUT2D eigenvalue weighted by atomic mass is 127. The number of aliphatic imine (C=N–C) groups is 1. The van der Waals surface area contributed by atoms with Crippen LogP contribution >= 0.6 is 24.0 Å². The number of nitrogens with zero attached hydrogens (tertiary/aromatic N) is 2. The number of nitro benzene ring substituents is 1. The number of benzene rings is 1. The maximum atomic E-state index is 10.8. The van der Waals surface area contributed by atoms with E-state index in [9.17, 15) is 10.1 Å². The first-order valence-corrected chi connectivity index (χ1v) is 8.47. The van der Waals surface area contributed by atoms with Crippen LogP contribution in [0.1, 0.15) is 38.7 Å². The lowest BCUT2D eigenvalue weighted by Crippen LogP contribution is -2.40. The van der Waals surface area contributed by atoms with E-state index in [-0.39, 0.29) is 36.3 Å². The van der Waals surface area contributed by atoms with Crippen LogP contribution in [0.5, 0.6) is 0 Å². The molecule has 0 radical (unpaired) electrons. The molecule has 3 N–H and O–H groups in total. The van der Waals surface area contributed by atoms with Crippen molar-refractivity contribution in [3.05, 3.63) is 39.9 Å². The number of nitrogens with one attached hydrogen (secondary N) is 2. The number of nitro groups is 1. The van der Waals surface area contributed by atoms with E-state index < -0.39 is 4.92 Å². The normalized spacial score (nSPS) is 12.2. The molecule has 142 valence electrons. The first-order valence-electron chi connectivity index (χ1n) is 8.47. The predicted molar refractivity (Wildman–Crippen MR) is 111 cm³/mol. The van der Waals surface area contributed by atoms with Gasteiger partial charge in [-0.25, -0.2) is 4.99 Å². The number of aliphatic hydroxyl groups excluding tert-OH is 1. The van der Waals surface area contributed by atoms with Gasteiger partial charge in [0.05, 0.1) is 11.5 Å². The fourth-order valence-electron chi connectivity index (χ4n) is 2.46. The maximum Gasteiger partial charge on any atom is 0.269 e. The fraction of sp³-hybridized carbons (Fsp3) is 0.588. The summed E-state index contributed by atoms with van der Waals surface area (Å²) in [5.41, 5.74) is 0.869. The van der Waals surface area contributed by atoms with Crippen molar-refractivity contribution in [2.24, 2.45) is 10.9 Å². The van der Waals surface area contributed by atoms with Crippen molar-refractivity contribution < 1.29 is 10.0 Å². The quantitative estimate of drug-likeness (QED) is 0.163. The summed E-state index contributed by atoms with van der Waals surface area (Å²) in [6.07, 6.45) is 2.90. The average molecular weight is 464 g/mol. The zero-order chi connectivity index (χ0) is 17.8. The standard InChI is InChI=1S/C17H28N4O3.HI/c1-3-6-14(9-10-22)12-19-17(18-4-2)20-13-15-7-5-8-16(11-15)21(23)24;/h5,7-8,11,14,22H,3-4,6,9-10,12-13H2,1-2H3,(H2,18,19,20);1H. The summed E-state index contributed by atoms with van der Waals surface area (Å²) in [5, 5.41) is 26.4. The molecule has 0 fully saturated rings. The molecule has 0 aliphatic rings. The second-order valence-corrected chi connectivity index (χ2v) is 5.67. The molecule has 0 aliphatic carbocycles. The summed E-state index contributed by atoms with van der Waals surface area (Å²) in [4.78, 5) is 14.9. The van der Waals surface area contributed by atoms with Gasteiger partial charge < -0.3 is 15.7 Å². The molecule has 0 aromatic heterocycles. The lowest BCUT2D eigenvalue weighted by atomic mass is 10.0. The summed E-state index contributed by atoms with van der Waals surface area (Å²) in [6.45, 7) is 6.16. The Hall–Kier alpha value is -1.42. The molecule has 1 aromatic carbocycles. The summed E-state index contributed by atoms with van der Waals surface area (Å²) in [6, 6.07) is 6.51. The second-order valence-electron chi connectivity index (χ2n) is 5.67. The third-order valence-corrected chi connectivity index (χ3v) is 3.68. The largest absolute Gasteiger partial charge is 0.396 e. The van der Waals surface area contributed by atoms with E-state index in [4.69, 9.17) is 5.11 Å². The molecule has 1 rings (SSSR count). The van der Waals surface area contributed by atoms with Gasteiger partial charge in [0.25, 0.3) is 5.69 Å². The fourth-order valence-corrected chi connectivity index (χ4v) is 2.46. The molecule has 0 aliphatic heterocycles. The molecule has 0 spiro atoms. The molecule has 1 unspecified atom stereocenters. The SMILES string of the molecule is CCCC(CCO)CNC(=NCc1cccc([N+](=O)[O-])c1)NCC.I. The minimum Gasteiger partial charge on any atom is -0.396 e. The lowest BCUT2D eigenvalue weighted by molar-refractivity contribution is -0.384. The van der Waals surface area contributed by atoms with Crippen molar-refractivity contribution in [2.45, 2.75) is 39.7 Å². The van der Waals surface area contributed by atoms with E-state index in [1.807, 2.05) is 13.0 Å². The van der Waals surface area contributed by atoms with Gasteiger partial charge >= 0.3 is 0 Å². The van der Waals surface area contributed by atoms with E-state index >= 15 is 0 Å². The van der Waals surface area contributed by atoms with Crippen molar-refractivity contribution in [1.29, 1.82) is 0 Å². The minimum atomic E-state index is -0.402. The molecule has 0 saturated carbocycles. The van der Waals surface area contributed by atoms with Gasteiger partial charge in [-0.05, 0) is 31.2 Å². The topological polar surface area (TPSA) is 99.8 Å². The van der Waals surface area contributed by atoms with Gasteiger partial charge in [0, 0.05) is 31.8 Å². The smallest absolute Gasteiger partial charge is 0.269 e. The van der Waals surface area contributed by atoms with Crippen LogP contribution in [0.25, 0.3) is 0 Å². The third-order valence-electron chi connectivity index (χ3n) is 3.68. The van der Waals surface area contributed by atoms with Gasteiger partial charge in [0.2, 0.25) is 0 Å². The van der Waals surface area contributed by atoms with Gasteiger partial charge in [0.1, 0.15) is 0 Å². The maximum absolute atomic E-state index is 10.8. The second kappa shape index (κ2) is 13.8.